The number of aromatic nitrogens is 2. The molecule has 0 radical (unpaired) electrons. The van der Waals surface area contributed by atoms with Crippen LogP contribution in [0.5, 0.6) is 5.75 Å². The Morgan fingerprint density at radius 2 is 1.89 bits per heavy atom. The fourth-order valence-electron chi connectivity index (χ4n) is 4.71. The van der Waals surface area contributed by atoms with Gasteiger partial charge in [0, 0.05) is 39.2 Å². The van der Waals surface area contributed by atoms with E-state index in [1.165, 1.54) is 0 Å². The van der Waals surface area contributed by atoms with Crippen molar-refractivity contribution in [3.05, 3.63) is 47.8 Å². The average molecular weight is 382 g/mol. The second-order valence-corrected chi connectivity index (χ2v) is 7.62. The lowest BCUT2D eigenvalue weighted by Gasteiger charge is -2.41. The molecule has 28 heavy (non-hydrogen) atoms. The van der Waals surface area contributed by atoms with Gasteiger partial charge >= 0.3 is 0 Å². The molecule has 0 N–H and O–H groups in total. The van der Waals surface area contributed by atoms with Crippen LogP contribution in [0.1, 0.15) is 41.7 Å². The van der Waals surface area contributed by atoms with Gasteiger partial charge in [-0.15, -0.1) is 0 Å². The number of nitrogens with zero attached hydrogens (tertiary/aromatic N) is 4. The van der Waals surface area contributed by atoms with E-state index < -0.39 is 0 Å². The zero-order valence-corrected chi connectivity index (χ0v) is 16.5. The third-order valence-electron chi connectivity index (χ3n) is 6.00. The lowest BCUT2D eigenvalue weighted by atomic mass is 9.86. The second kappa shape index (κ2) is 7.30. The van der Waals surface area contributed by atoms with Gasteiger partial charge < -0.3 is 14.5 Å². The second-order valence-electron chi connectivity index (χ2n) is 7.62. The van der Waals surface area contributed by atoms with Crippen molar-refractivity contribution in [2.24, 2.45) is 7.05 Å². The topological polar surface area (TPSA) is 67.7 Å². The first kappa shape index (κ1) is 18.5. The monoisotopic (exact) mass is 382 g/mol. The summed E-state index contributed by atoms with van der Waals surface area (Å²) in [6.45, 7) is 2.94. The third-order valence-corrected chi connectivity index (χ3v) is 6.00. The molecule has 1 aromatic carbocycles. The molecule has 148 valence electrons. The molecule has 2 aliphatic rings. The Bertz CT molecular complexity index is 876. The fourth-order valence-corrected chi connectivity index (χ4v) is 4.71. The molecule has 0 bridgehead atoms. The molecule has 0 spiro atoms. The van der Waals surface area contributed by atoms with Crippen LogP contribution in [0.25, 0.3) is 0 Å². The molecule has 4 rings (SSSR count). The number of hydrogen-bond acceptors (Lipinski definition) is 4. The number of hydrogen-bond donors (Lipinski definition) is 0. The molecule has 2 aliphatic heterocycles. The summed E-state index contributed by atoms with van der Waals surface area (Å²) in [4.78, 5) is 29.4. The highest BCUT2D eigenvalue weighted by atomic mass is 16.5. The lowest BCUT2D eigenvalue weighted by Crippen LogP contribution is -2.54. The molecule has 0 unspecified atom stereocenters. The van der Waals surface area contributed by atoms with E-state index in [2.05, 4.69) is 5.10 Å². The van der Waals surface area contributed by atoms with Gasteiger partial charge in [0.25, 0.3) is 5.91 Å². The van der Waals surface area contributed by atoms with Crippen LogP contribution in [0.15, 0.2) is 36.5 Å². The number of fused-ring (bicyclic) bond motifs is 1. The van der Waals surface area contributed by atoms with E-state index in [9.17, 15) is 9.59 Å². The summed E-state index contributed by atoms with van der Waals surface area (Å²) in [5.41, 5.74) is 1.58. The minimum Gasteiger partial charge on any atom is -0.497 e. The molecular formula is C21H26N4O3. The summed E-state index contributed by atoms with van der Waals surface area (Å²) in [6.07, 6.45) is 3.59. The highest BCUT2D eigenvalue weighted by Gasteiger charge is 2.49. The summed E-state index contributed by atoms with van der Waals surface area (Å²) in [6, 6.07) is 9.73. The Labute approximate surface area is 164 Å². The number of methoxy groups -OCH3 is 1. The molecule has 0 saturated carbocycles. The number of rotatable bonds is 3. The van der Waals surface area contributed by atoms with Gasteiger partial charge in [0.15, 0.2) is 0 Å². The molecule has 2 fully saturated rings. The predicted octanol–water partition coefficient (Wildman–Crippen LogP) is 2.05. The highest BCUT2D eigenvalue weighted by Crippen LogP contribution is 2.41. The van der Waals surface area contributed by atoms with E-state index in [1.54, 1.807) is 31.0 Å². The molecule has 3 heterocycles. The Balaban J connectivity index is 1.70. The van der Waals surface area contributed by atoms with Crippen LogP contribution in [0, 0.1) is 0 Å². The average Bonchev–Trinajstić information content (AvgIpc) is 3.31. The normalized spacial score (nSPS) is 24.2. The first-order valence-corrected chi connectivity index (χ1v) is 9.71. The standard InChI is InChI=1S/C21H26N4O3/c1-14(26)25-13-17(15-6-8-16(28-3)9-7-15)20-19(25)5-4-11-24(20)21(27)18-10-12-23(2)22-18/h6-10,12,17,19-20H,4-5,11,13H2,1-3H3/t17-,19-,20-/m1/s1. The summed E-state index contributed by atoms with van der Waals surface area (Å²) in [7, 11) is 3.45. The van der Waals surface area contributed by atoms with E-state index >= 15 is 0 Å². The van der Waals surface area contributed by atoms with Crippen LogP contribution in [-0.4, -0.2) is 63.7 Å². The molecular weight excluding hydrogens is 356 g/mol. The smallest absolute Gasteiger partial charge is 0.274 e. The Morgan fingerprint density at radius 3 is 2.50 bits per heavy atom. The van der Waals surface area contributed by atoms with E-state index in [-0.39, 0.29) is 29.8 Å². The molecule has 2 amide bonds. The fraction of sp³-hybridized carbons (Fsp3) is 0.476. The van der Waals surface area contributed by atoms with Crippen molar-refractivity contribution in [1.29, 1.82) is 0 Å². The van der Waals surface area contributed by atoms with Crippen molar-refractivity contribution in [3.63, 3.8) is 0 Å². The van der Waals surface area contributed by atoms with Crippen LogP contribution < -0.4 is 4.74 Å². The van der Waals surface area contributed by atoms with Gasteiger partial charge in [-0.05, 0) is 36.6 Å². The van der Waals surface area contributed by atoms with Crippen molar-refractivity contribution in [2.45, 2.75) is 37.8 Å². The van der Waals surface area contributed by atoms with Gasteiger partial charge in [-0.1, -0.05) is 12.1 Å². The maximum Gasteiger partial charge on any atom is 0.274 e. The van der Waals surface area contributed by atoms with Crippen molar-refractivity contribution in [3.8, 4) is 5.75 Å². The Morgan fingerprint density at radius 1 is 1.14 bits per heavy atom. The largest absolute Gasteiger partial charge is 0.497 e. The number of aryl methyl sites for hydroxylation is 1. The molecule has 7 heteroatoms. The van der Waals surface area contributed by atoms with Gasteiger partial charge in [-0.3, -0.25) is 14.3 Å². The van der Waals surface area contributed by atoms with E-state index in [0.29, 0.717) is 18.8 Å². The van der Waals surface area contributed by atoms with Crippen LogP contribution in [0.3, 0.4) is 0 Å². The van der Waals surface area contributed by atoms with Gasteiger partial charge in [-0.2, -0.15) is 5.10 Å². The number of ether oxygens (including phenoxy) is 1. The SMILES string of the molecule is COc1ccc([C@H]2CN(C(C)=O)[C@@H]3CCCN(C(=O)c4ccn(C)n4)[C@H]23)cc1. The maximum absolute atomic E-state index is 13.2. The molecule has 0 aliphatic carbocycles. The highest BCUT2D eigenvalue weighted by molar-refractivity contribution is 5.92. The minimum atomic E-state index is -0.0563. The van der Waals surface area contributed by atoms with Gasteiger partial charge in [0.05, 0.1) is 19.2 Å². The zero-order valence-electron chi connectivity index (χ0n) is 16.5. The third kappa shape index (κ3) is 3.15. The first-order chi connectivity index (χ1) is 13.5. The Hall–Kier alpha value is -2.83. The van der Waals surface area contributed by atoms with Crippen molar-refractivity contribution < 1.29 is 14.3 Å². The van der Waals surface area contributed by atoms with Crippen molar-refractivity contribution in [2.75, 3.05) is 20.2 Å². The van der Waals surface area contributed by atoms with Crippen molar-refractivity contribution >= 4 is 11.8 Å². The summed E-state index contributed by atoms with van der Waals surface area (Å²) >= 11 is 0. The summed E-state index contributed by atoms with van der Waals surface area (Å²) < 4.78 is 6.92. The molecule has 2 aromatic rings. The van der Waals surface area contributed by atoms with Crippen LogP contribution in [0.2, 0.25) is 0 Å². The molecule has 3 atom stereocenters. The summed E-state index contributed by atoms with van der Waals surface area (Å²) in [5.74, 6) is 0.886. The van der Waals surface area contributed by atoms with Gasteiger partial charge in [0.2, 0.25) is 5.91 Å². The minimum absolute atomic E-state index is 0.0412. The first-order valence-electron chi connectivity index (χ1n) is 9.71. The van der Waals surface area contributed by atoms with E-state index in [0.717, 1.165) is 24.2 Å². The number of amides is 2. The number of carbonyl (C=O) groups is 2. The molecule has 1 aromatic heterocycles. The zero-order chi connectivity index (χ0) is 19.8. The Kier molecular flexibility index (Phi) is 4.83. The number of carbonyl (C=O) groups excluding carboxylic acids is 2. The van der Waals surface area contributed by atoms with Crippen LogP contribution in [0.4, 0.5) is 0 Å². The van der Waals surface area contributed by atoms with Crippen molar-refractivity contribution in [1.82, 2.24) is 19.6 Å². The van der Waals surface area contributed by atoms with Gasteiger partial charge in [-0.25, -0.2) is 0 Å². The lowest BCUT2D eigenvalue weighted by molar-refractivity contribution is -0.130. The molecule has 7 nitrogen and oxygen atoms in total. The van der Waals surface area contributed by atoms with E-state index in [1.807, 2.05) is 41.1 Å². The van der Waals surface area contributed by atoms with Crippen LogP contribution in [-0.2, 0) is 11.8 Å². The number of benzene rings is 1. The number of likely N-dealkylation sites (tertiary alicyclic amines) is 2. The quantitative estimate of drug-likeness (QED) is 0.815. The maximum atomic E-state index is 13.2. The predicted molar refractivity (Wildman–Crippen MR) is 104 cm³/mol. The number of piperidine rings is 1. The van der Waals surface area contributed by atoms with Crippen LogP contribution >= 0.6 is 0 Å². The molecule has 2 saturated heterocycles. The summed E-state index contributed by atoms with van der Waals surface area (Å²) in [5, 5.41) is 4.30. The van der Waals surface area contributed by atoms with Gasteiger partial charge in [0.1, 0.15) is 11.4 Å². The van der Waals surface area contributed by atoms with E-state index in [4.69, 9.17) is 4.74 Å².